The van der Waals surface area contributed by atoms with Crippen LogP contribution >= 0.6 is 11.3 Å². The lowest BCUT2D eigenvalue weighted by Crippen LogP contribution is -2.69. The Bertz CT molecular complexity index is 762. The number of hydrogen-bond donors (Lipinski definition) is 2. The van der Waals surface area contributed by atoms with Crippen LogP contribution in [0.2, 0.25) is 0 Å². The first-order valence-corrected chi connectivity index (χ1v) is 8.84. The Morgan fingerprint density at radius 2 is 1.70 bits per heavy atom. The van der Waals surface area contributed by atoms with Crippen LogP contribution in [0.1, 0.15) is 40.6 Å². The van der Waals surface area contributed by atoms with E-state index in [1.165, 1.54) is 0 Å². The summed E-state index contributed by atoms with van der Waals surface area (Å²) < 4.78 is 50.6. The molecule has 0 aliphatic heterocycles. The van der Waals surface area contributed by atoms with Gasteiger partial charge < -0.3 is 20.1 Å². The van der Waals surface area contributed by atoms with Gasteiger partial charge in [-0.2, -0.15) is 13.2 Å². The maximum Gasteiger partial charge on any atom is 0.441 e. The minimum Gasteiger partial charge on any atom is -0.466 e. The van der Waals surface area contributed by atoms with Crippen molar-refractivity contribution in [2.24, 2.45) is 0 Å². The number of methoxy groups -OCH3 is 2. The van der Waals surface area contributed by atoms with Crippen LogP contribution < -0.4 is 10.6 Å². The number of rotatable bonds is 5. The summed E-state index contributed by atoms with van der Waals surface area (Å²) in [4.78, 5) is 36.5. The molecule has 1 aliphatic rings. The van der Waals surface area contributed by atoms with Gasteiger partial charge in [0.2, 0.25) is 5.91 Å². The van der Waals surface area contributed by atoms with E-state index >= 15 is 0 Å². The van der Waals surface area contributed by atoms with E-state index in [2.05, 4.69) is 4.74 Å². The highest BCUT2D eigenvalue weighted by Gasteiger charge is 2.63. The number of anilines is 1. The third kappa shape index (κ3) is 3.87. The molecule has 1 amide bonds. The molecular weight excluding hydrogens is 389 g/mol. The number of thiophene rings is 1. The summed E-state index contributed by atoms with van der Waals surface area (Å²) in [6, 6.07) is 0. The zero-order valence-electron chi connectivity index (χ0n) is 14.9. The van der Waals surface area contributed by atoms with Crippen molar-refractivity contribution in [3.8, 4) is 0 Å². The molecule has 2 rings (SSSR count). The van der Waals surface area contributed by atoms with Gasteiger partial charge in [-0.05, 0) is 31.2 Å². The summed E-state index contributed by atoms with van der Waals surface area (Å²) in [5, 5.41) is 3.44. The quantitative estimate of drug-likeness (QED) is 0.574. The molecule has 1 aromatic rings. The Morgan fingerprint density at radius 1 is 1.07 bits per heavy atom. The summed E-state index contributed by atoms with van der Waals surface area (Å²) >= 11 is 0.933. The van der Waals surface area contributed by atoms with E-state index in [1.807, 2.05) is 5.32 Å². The first-order chi connectivity index (χ1) is 12.6. The maximum absolute atomic E-state index is 13.9. The normalized spacial score (nSPS) is 15.9. The average Bonchev–Trinajstić information content (AvgIpc) is 2.96. The van der Waals surface area contributed by atoms with Crippen LogP contribution in [-0.4, -0.2) is 43.9 Å². The molecule has 11 heteroatoms. The fraction of sp³-hybridized carbons (Fsp3) is 0.562. The molecule has 1 aromatic heterocycles. The number of carbonyl (C=O) groups is 3. The number of halogens is 3. The van der Waals surface area contributed by atoms with Crippen molar-refractivity contribution in [3.63, 3.8) is 0 Å². The molecule has 1 aliphatic carbocycles. The molecule has 1 heterocycles. The van der Waals surface area contributed by atoms with E-state index in [0.29, 0.717) is 18.4 Å². The van der Waals surface area contributed by atoms with Gasteiger partial charge in [0, 0.05) is 11.8 Å². The molecule has 1 unspecified atom stereocenters. The lowest BCUT2D eigenvalue weighted by atomic mass is 9.95. The number of carbonyl (C=O) groups excluding carboxylic acids is 3. The number of fused-ring (bicyclic) bond motifs is 1. The first kappa shape index (κ1) is 21.0. The Hall–Kier alpha value is -2.30. The van der Waals surface area contributed by atoms with Gasteiger partial charge in [-0.3, -0.25) is 4.79 Å². The molecule has 150 valence electrons. The zero-order chi connectivity index (χ0) is 20.4. The van der Waals surface area contributed by atoms with Crippen LogP contribution in [0.15, 0.2) is 0 Å². The number of ether oxygens (including phenoxy) is 2. The number of alkyl halides is 3. The molecule has 0 radical (unpaired) electrons. The summed E-state index contributed by atoms with van der Waals surface area (Å²) in [6.45, 7) is 0.839. The van der Waals surface area contributed by atoms with Crippen molar-refractivity contribution in [1.29, 1.82) is 0 Å². The average molecular weight is 408 g/mol. The summed E-state index contributed by atoms with van der Waals surface area (Å²) in [5.41, 5.74) is -2.99. The van der Waals surface area contributed by atoms with Gasteiger partial charge in [-0.1, -0.05) is 0 Å². The maximum atomic E-state index is 13.9. The lowest BCUT2D eigenvalue weighted by molar-refractivity contribution is -0.206. The van der Waals surface area contributed by atoms with Crippen LogP contribution in [-0.2, 0) is 31.9 Å². The molecule has 7 nitrogen and oxygen atoms in total. The molecule has 27 heavy (non-hydrogen) atoms. The van der Waals surface area contributed by atoms with E-state index in [0.717, 1.165) is 50.2 Å². The molecule has 0 spiro atoms. The number of amides is 1. The molecule has 0 saturated heterocycles. The van der Waals surface area contributed by atoms with Crippen LogP contribution in [0.3, 0.4) is 0 Å². The molecule has 0 bridgehead atoms. The predicted octanol–water partition coefficient (Wildman–Crippen LogP) is 2.39. The van der Waals surface area contributed by atoms with Crippen LogP contribution in [0.4, 0.5) is 18.2 Å². The fourth-order valence-electron chi connectivity index (χ4n) is 2.95. The molecule has 0 fully saturated rings. The number of nitrogens with one attached hydrogen (secondary N) is 2. The van der Waals surface area contributed by atoms with E-state index < -0.39 is 29.7 Å². The van der Waals surface area contributed by atoms with Gasteiger partial charge in [-0.15, -0.1) is 11.3 Å². The molecule has 1 atom stereocenters. The molecule has 0 saturated carbocycles. The van der Waals surface area contributed by atoms with Crippen LogP contribution in [0.5, 0.6) is 0 Å². The van der Waals surface area contributed by atoms with Crippen molar-refractivity contribution >= 4 is 34.2 Å². The predicted molar refractivity (Wildman–Crippen MR) is 90.5 cm³/mol. The monoisotopic (exact) mass is 408 g/mol. The molecule has 0 aromatic carbocycles. The number of esters is 2. The summed E-state index contributed by atoms with van der Waals surface area (Å²) in [6.07, 6.45) is -2.52. The standard InChI is InChI=1S/C16H19F3N2O5S/c1-8(22)20-15(14(24)26-3,16(17,18)19)21-12-11(13(23)25-2)9-6-4-5-7-10(9)27-12/h21H,4-7H2,1-3H3,(H,20,22). The second-order valence-corrected chi connectivity index (χ2v) is 7.06. The van der Waals surface area contributed by atoms with Crippen molar-refractivity contribution in [1.82, 2.24) is 5.32 Å². The first-order valence-electron chi connectivity index (χ1n) is 8.02. The highest BCUT2D eigenvalue weighted by molar-refractivity contribution is 7.16. The Labute approximate surface area is 157 Å². The Kier molecular flexibility index (Phi) is 6.03. The fourth-order valence-corrected chi connectivity index (χ4v) is 4.28. The van der Waals surface area contributed by atoms with E-state index in [4.69, 9.17) is 4.74 Å². The topological polar surface area (TPSA) is 93.7 Å². The van der Waals surface area contributed by atoms with Gasteiger partial charge in [0.05, 0.1) is 19.8 Å². The van der Waals surface area contributed by atoms with Crippen LogP contribution in [0, 0.1) is 0 Å². The smallest absolute Gasteiger partial charge is 0.441 e. The van der Waals surface area contributed by atoms with E-state index in [-0.39, 0.29) is 10.6 Å². The van der Waals surface area contributed by atoms with Crippen molar-refractivity contribution < 1.29 is 37.0 Å². The second-order valence-electron chi connectivity index (χ2n) is 5.95. The Balaban J connectivity index is 2.64. The molecule has 2 N–H and O–H groups in total. The van der Waals surface area contributed by atoms with Gasteiger partial charge in [0.1, 0.15) is 5.00 Å². The van der Waals surface area contributed by atoms with Gasteiger partial charge >= 0.3 is 23.8 Å². The van der Waals surface area contributed by atoms with Crippen molar-refractivity contribution in [2.75, 3.05) is 19.5 Å². The number of aryl methyl sites for hydroxylation is 1. The summed E-state index contributed by atoms with van der Waals surface area (Å²) in [7, 11) is 1.89. The second kappa shape index (κ2) is 7.75. The van der Waals surface area contributed by atoms with Gasteiger partial charge in [-0.25, -0.2) is 9.59 Å². The van der Waals surface area contributed by atoms with Gasteiger partial charge in [0.25, 0.3) is 0 Å². The van der Waals surface area contributed by atoms with Crippen molar-refractivity contribution in [3.05, 3.63) is 16.0 Å². The minimum absolute atomic E-state index is 0.0555. The highest BCUT2D eigenvalue weighted by Crippen LogP contribution is 2.42. The van der Waals surface area contributed by atoms with Crippen LogP contribution in [0.25, 0.3) is 0 Å². The Morgan fingerprint density at radius 3 is 2.22 bits per heavy atom. The largest absolute Gasteiger partial charge is 0.466 e. The molecular formula is C16H19F3N2O5S. The van der Waals surface area contributed by atoms with Gasteiger partial charge in [0.15, 0.2) is 0 Å². The van der Waals surface area contributed by atoms with Crippen molar-refractivity contribution in [2.45, 2.75) is 44.4 Å². The highest BCUT2D eigenvalue weighted by atomic mass is 32.1. The third-order valence-electron chi connectivity index (χ3n) is 4.14. The van der Waals surface area contributed by atoms with E-state index in [9.17, 15) is 27.6 Å². The SMILES string of the molecule is COC(=O)c1c(NC(NC(C)=O)(C(=O)OC)C(F)(F)F)sc2c1CCCC2. The van der Waals surface area contributed by atoms with E-state index in [1.54, 1.807) is 5.32 Å². The number of hydrogen-bond acceptors (Lipinski definition) is 7. The minimum atomic E-state index is -5.25. The third-order valence-corrected chi connectivity index (χ3v) is 5.35. The zero-order valence-corrected chi connectivity index (χ0v) is 15.7. The summed E-state index contributed by atoms with van der Waals surface area (Å²) in [5.74, 6) is -3.68. The lowest BCUT2D eigenvalue weighted by Gasteiger charge is -2.34.